The fourth-order valence-corrected chi connectivity index (χ4v) is 2.23. The molecule has 1 nitrogen and oxygen atoms in total. The summed E-state index contributed by atoms with van der Waals surface area (Å²) >= 11 is 0. The van der Waals surface area contributed by atoms with Gasteiger partial charge in [0.05, 0.1) is 0 Å². The van der Waals surface area contributed by atoms with E-state index in [1.54, 1.807) is 0 Å². The molecule has 0 aromatic rings. The maximum Gasteiger partial charge on any atom is 0.00349 e. The minimum absolute atomic E-state index is 0.749. The summed E-state index contributed by atoms with van der Waals surface area (Å²) in [7, 11) is 2.26. The minimum Gasteiger partial charge on any atom is -0.306 e. The first-order valence-electron chi connectivity index (χ1n) is 5.41. The first-order valence-corrected chi connectivity index (χ1v) is 5.41. The zero-order chi connectivity index (χ0) is 9.03. The summed E-state index contributed by atoms with van der Waals surface area (Å²) in [6.07, 6.45) is 7.06. The molecule has 0 N–H and O–H groups in total. The van der Waals surface area contributed by atoms with Gasteiger partial charge in [-0.15, -0.1) is 0 Å². The first-order chi connectivity index (χ1) is 5.72. The molecule has 1 aliphatic rings. The van der Waals surface area contributed by atoms with Crippen LogP contribution >= 0.6 is 0 Å². The highest BCUT2D eigenvalue weighted by molar-refractivity contribution is 4.94. The van der Waals surface area contributed by atoms with Gasteiger partial charge in [0.15, 0.2) is 0 Å². The molecule has 1 rings (SSSR count). The van der Waals surface area contributed by atoms with E-state index >= 15 is 0 Å². The minimum atomic E-state index is 0.749. The van der Waals surface area contributed by atoms with Crippen LogP contribution in [0.4, 0.5) is 0 Å². The monoisotopic (exact) mass is 169 g/mol. The van der Waals surface area contributed by atoms with Crippen LogP contribution in [0.3, 0.4) is 0 Å². The predicted octanol–water partition coefficient (Wildman–Crippen LogP) is 2.91. The smallest absolute Gasteiger partial charge is 0.00349 e. The van der Waals surface area contributed by atoms with Crippen LogP contribution in [0.1, 0.15) is 46.0 Å². The lowest BCUT2D eigenvalue weighted by Crippen LogP contribution is -2.27. The molecule has 0 aromatic heterocycles. The van der Waals surface area contributed by atoms with Crippen molar-refractivity contribution in [3.63, 3.8) is 0 Å². The maximum absolute atomic E-state index is 2.50. The third kappa shape index (κ3) is 2.78. The fourth-order valence-electron chi connectivity index (χ4n) is 2.23. The molecule has 72 valence electrons. The van der Waals surface area contributed by atoms with Crippen LogP contribution < -0.4 is 0 Å². The summed E-state index contributed by atoms with van der Waals surface area (Å²) in [4.78, 5) is 2.50. The van der Waals surface area contributed by atoms with Gasteiger partial charge in [-0.05, 0) is 44.7 Å². The molecule has 1 heteroatoms. The summed E-state index contributed by atoms with van der Waals surface area (Å²) in [5.74, 6) is 0. The molecule has 0 spiro atoms. The molecule has 1 aliphatic carbocycles. The SMILES string of the molecule is CCCN(C)CC1(CCC)CC1. The van der Waals surface area contributed by atoms with Crippen molar-refractivity contribution in [2.45, 2.75) is 46.0 Å². The molecule has 0 heterocycles. The van der Waals surface area contributed by atoms with E-state index in [-0.39, 0.29) is 0 Å². The Morgan fingerprint density at radius 2 is 1.83 bits per heavy atom. The van der Waals surface area contributed by atoms with Gasteiger partial charge in [0, 0.05) is 6.54 Å². The van der Waals surface area contributed by atoms with E-state index < -0.39 is 0 Å². The molecule has 0 unspecified atom stereocenters. The molecule has 0 atom stereocenters. The maximum atomic E-state index is 2.50. The van der Waals surface area contributed by atoms with Crippen LogP contribution in [0, 0.1) is 5.41 Å². The second kappa shape index (κ2) is 4.27. The molecule has 0 radical (unpaired) electrons. The summed E-state index contributed by atoms with van der Waals surface area (Å²) in [6, 6.07) is 0. The molecule has 0 amide bonds. The van der Waals surface area contributed by atoms with E-state index in [4.69, 9.17) is 0 Å². The molecular weight excluding hydrogens is 146 g/mol. The van der Waals surface area contributed by atoms with E-state index in [1.807, 2.05) is 0 Å². The van der Waals surface area contributed by atoms with Crippen LogP contribution in [0.2, 0.25) is 0 Å². The Balaban J connectivity index is 2.20. The average Bonchev–Trinajstić information content (AvgIpc) is 2.70. The Bertz CT molecular complexity index is 127. The van der Waals surface area contributed by atoms with E-state index in [9.17, 15) is 0 Å². The highest BCUT2D eigenvalue weighted by atomic mass is 15.1. The van der Waals surface area contributed by atoms with Gasteiger partial charge in [-0.25, -0.2) is 0 Å². The number of rotatable bonds is 6. The predicted molar refractivity (Wildman–Crippen MR) is 54.4 cm³/mol. The van der Waals surface area contributed by atoms with Crippen molar-refractivity contribution in [2.75, 3.05) is 20.1 Å². The summed E-state index contributed by atoms with van der Waals surface area (Å²) in [5, 5.41) is 0. The zero-order valence-electron chi connectivity index (χ0n) is 8.90. The van der Waals surface area contributed by atoms with Crippen molar-refractivity contribution in [3.05, 3.63) is 0 Å². The Morgan fingerprint density at radius 3 is 2.25 bits per heavy atom. The normalized spacial score (nSPS) is 20.0. The van der Waals surface area contributed by atoms with E-state index in [1.165, 1.54) is 45.2 Å². The number of nitrogens with zero attached hydrogens (tertiary/aromatic N) is 1. The Morgan fingerprint density at radius 1 is 1.17 bits per heavy atom. The highest BCUT2D eigenvalue weighted by Crippen LogP contribution is 2.49. The Hall–Kier alpha value is -0.0400. The van der Waals surface area contributed by atoms with Crippen molar-refractivity contribution in [1.82, 2.24) is 4.90 Å². The third-order valence-corrected chi connectivity index (χ3v) is 2.95. The largest absolute Gasteiger partial charge is 0.306 e. The van der Waals surface area contributed by atoms with Crippen molar-refractivity contribution < 1.29 is 0 Å². The van der Waals surface area contributed by atoms with Crippen LogP contribution in [0.25, 0.3) is 0 Å². The van der Waals surface area contributed by atoms with E-state index in [2.05, 4.69) is 25.8 Å². The molecule has 0 aromatic carbocycles. The summed E-state index contributed by atoms with van der Waals surface area (Å²) in [5.41, 5.74) is 0.749. The number of hydrogen-bond acceptors (Lipinski definition) is 1. The Labute approximate surface area is 77.1 Å². The molecule has 12 heavy (non-hydrogen) atoms. The first kappa shape index (κ1) is 10.0. The Kier molecular flexibility index (Phi) is 3.57. The number of hydrogen-bond donors (Lipinski definition) is 0. The van der Waals surface area contributed by atoms with Gasteiger partial charge in [0.25, 0.3) is 0 Å². The van der Waals surface area contributed by atoms with Crippen LogP contribution in [0.5, 0.6) is 0 Å². The zero-order valence-corrected chi connectivity index (χ0v) is 8.90. The lowest BCUT2D eigenvalue weighted by atomic mass is 10.0. The second-order valence-electron chi connectivity index (χ2n) is 4.49. The molecule has 0 aliphatic heterocycles. The molecule has 0 saturated heterocycles. The van der Waals surface area contributed by atoms with Gasteiger partial charge in [0.2, 0.25) is 0 Å². The highest BCUT2D eigenvalue weighted by Gasteiger charge is 2.41. The molecule has 0 bridgehead atoms. The van der Waals surface area contributed by atoms with Gasteiger partial charge in [-0.1, -0.05) is 20.3 Å². The molecule has 1 fully saturated rings. The summed E-state index contributed by atoms with van der Waals surface area (Å²) in [6.45, 7) is 7.18. The van der Waals surface area contributed by atoms with Crippen LogP contribution in [0.15, 0.2) is 0 Å². The molecule has 1 saturated carbocycles. The van der Waals surface area contributed by atoms with Crippen molar-refractivity contribution in [3.8, 4) is 0 Å². The van der Waals surface area contributed by atoms with Crippen molar-refractivity contribution >= 4 is 0 Å². The van der Waals surface area contributed by atoms with E-state index in [0.717, 1.165) is 5.41 Å². The average molecular weight is 169 g/mol. The van der Waals surface area contributed by atoms with Gasteiger partial charge in [-0.2, -0.15) is 0 Å². The van der Waals surface area contributed by atoms with Crippen LogP contribution in [-0.2, 0) is 0 Å². The van der Waals surface area contributed by atoms with Crippen molar-refractivity contribution in [2.24, 2.45) is 5.41 Å². The van der Waals surface area contributed by atoms with Crippen molar-refractivity contribution in [1.29, 1.82) is 0 Å². The summed E-state index contributed by atoms with van der Waals surface area (Å²) < 4.78 is 0. The molecular formula is C11H23N. The van der Waals surface area contributed by atoms with Gasteiger partial charge in [0.1, 0.15) is 0 Å². The van der Waals surface area contributed by atoms with Gasteiger partial charge < -0.3 is 4.90 Å². The van der Waals surface area contributed by atoms with E-state index in [0.29, 0.717) is 0 Å². The van der Waals surface area contributed by atoms with Gasteiger partial charge >= 0.3 is 0 Å². The lowest BCUT2D eigenvalue weighted by molar-refractivity contribution is 0.252. The lowest BCUT2D eigenvalue weighted by Gasteiger charge is -2.22. The standard InChI is InChI=1S/C11H23N/c1-4-6-11(7-8-11)10-12(3)9-5-2/h4-10H2,1-3H3. The fraction of sp³-hybridized carbons (Fsp3) is 1.00. The second-order valence-corrected chi connectivity index (χ2v) is 4.49. The van der Waals surface area contributed by atoms with Gasteiger partial charge in [-0.3, -0.25) is 0 Å². The third-order valence-electron chi connectivity index (χ3n) is 2.95. The topological polar surface area (TPSA) is 3.24 Å². The quantitative estimate of drug-likeness (QED) is 0.591. The van der Waals surface area contributed by atoms with Crippen LogP contribution in [-0.4, -0.2) is 25.0 Å².